The van der Waals surface area contributed by atoms with Crippen LogP contribution < -0.4 is 5.73 Å². The molecule has 2 nitrogen and oxygen atoms in total. The number of primary amides is 1. The van der Waals surface area contributed by atoms with Crippen LogP contribution in [0.5, 0.6) is 0 Å². The molecule has 0 radical (unpaired) electrons. The Morgan fingerprint density at radius 3 is 1.79 bits per heavy atom. The van der Waals surface area contributed by atoms with Crippen LogP contribution in [0.3, 0.4) is 0 Å². The molecule has 0 unspecified atom stereocenters. The number of hydrogen-bond acceptors (Lipinski definition) is 2. The number of unbranched alkanes of at least 4 members (excludes halogenated alkanes) is 9. The molecule has 0 aromatic carbocycles. The minimum Gasteiger partial charge on any atom is -0.370 e. The van der Waals surface area contributed by atoms with E-state index in [0.29, 0.717) is 6.42 Å². The van der Waals surface area contributed by atoms with E-state index < -0.39 is 0 Å². The third-order valence-electron chi connectivity index (χ3n) is 3.35. The van der Waals surface area contributed by atoms with Crippen LogP contribution >= 0.6 is 11.8 Å². The third kappa shape index (κ3) is 17.8. The van der Waals surface area contributed by atoms with E-state index in [4.69, 9.17) is 5.73 Å². The molecular formula is C16H33NOS. The van der Waals surface area contributed by atoms with E-state index in [1.807, 2.05) is 0 Å². The molecule has 114 valence electrons. The summed E-state index contributed by atoms with van der Waals surface area (Å²) in [6, 6.07) is 0. The molecule has 0 heterocycles. The van der Waals surface area contributed by atoms with E-state index in [2.05, 4.69) is 18.7 Å². The van der Waals surface area contributed by atoms with Crippen LogP contribution in [-0.4, -0.2) is 17.4 Å². The zero-order valence-corrected chi connectivity index (χ0v) is 13.6. The van der Waals surface area contributed by atoms with Crippen molar-refractivity contribution >= 4 is 17.7 Å². The highest BCUT2D eigenvalue weighted by molar-refractivity contribution is 7.99. The van der Waals surface area contributed by atoms with E-state index in [0.717, 1.165) is 12.8 Å². The molecule has 0 saturated carbocycles. The van der Waals surface area contributed by atoms with Gasteiger partial charge in [0.2, 0.25) is 5.91 Å². The summed E-state index contributed by atoms with van der Waals surface area (Å²) in [5, 5.41) is 0. The molecule has 0 aliphatic carbocycles. The Hall–Kier alpha value is -0.180. The van der Waals surface area contributed by atoms with Crippen molar-refractivity contribution in [2.75, 3.05) is 11.5 Å². The lowest BCUT2D eigenvalue weighted by atomic mass is 10.1. The normalized spacial score (nSPS) is 10.8. The lowest BCUT2D eigenvalue weighted by Gasteiger charge is -2.02. The first-order valence-electron chi connectivity index (χ1n) is 8.13. The quantitative estimate of drug-likeness (QED) is 0.435. The summed E-state index contributed by atoms with van der Waals surface area (Å²) < 4.78 is 0. The molecular weight excluding hydrogens is 254 g/mol. The molecule has 0 aliphatic heterocycles. The van der Waals surface area contributed by atoms with Gasteiger partial charge in [0.25, 0.3) is 0 Å². The predicted molar refractivity (Wildman–Crippen MR) is 87.6 cm³/mol. The third-order valence-corrected chi connectivity index (χ3v) is 4.51. The van der Waals surface area contributed by atoms with E-state index in [1.54, 1.807) is 0 Å². The maximum absolute atomic E-state index is 10.5. The van der Waals surface area contributed by atoms with Gasteiger partial charge in [-0.3, -0.25) is 4.79 Å². The second-order valence-electron chi connectivity index (χ2n) is 5.36. The first-order valence-corrected chi connectivity index (χ1v) is 9.29. The Bertz CT molecular complexity index is 197. The highest BCUT2D eigenvalue weighted by Crippen LogP contribution is 2.13. The maximum atomic E-state index is 10.5. The zero-order valence-electron chi connectivity index (χ0n) is 12.8. The first-order chi connectivity index (χ1) is 9.27. The smallest absolute Gasteiger partial charge is 0.217 e. The molecule has 0 saturated heterocycles. The van der Waals surface area contributed by atoms with Gasteiger partial charge in [0.05, 0.1) is 0 Å². The Labute approximate surface area is 124 Å². The minimum absolute atomic E-state index is 0.157. The van der Waals surface area contributed by atoms with E-state index in [1.165, 1.54) is 69.3 Å². The van der Waals surface area contributed by atoms with Crippen LogP contribution in [0.15, 0.2) is 0 Å². The van der Waals surface area contributed by atoms with Gasteiger partial charge < -0.3 is 5.73 Å². The van der Waals surface area contributed by atoms with Gasteiger partial charge in [0, 0.05) is 6.42 Å². The molecule has 0 atom stereocenters. The van der Waals surface area contributed by atoms with E-state index in [9.17, 15) is 4.79 Å². The maximum Gasteiger partial charge on any atom is 0.217 e. The Balaban J connectivity index is 2.93. The monoisotopic (exact) mass is 287 g/mol. The van der Waals surface area contributed by atoms with Gasteiger partial charge in [0.1, 0.15) is 0 Å². The molecule has 0 aliphatic rings. The molecule has 0 rings (SSSR count). The van der Waals surface area contributed by atoms with Gasteiger partial charge in [0.15, 0.2) is 0 Å². The molecule has 1 amide bonds. The zero-order chi connectivity index (χ0) is 14.2. The topological polar surface area (TPSA) is 43.1 Å². The van der Waals surface area contributed by atoms with E-state index in [-0.39, 0.29) is 5.91 Å². The largest absolute Gasteiger partial charge is 0.370 e. The lowest BCUT2D eigenvalue weighted by molar-refractivity contribution is -0.118. The summed E-state index contributed by atoms with van der Waals surface area (Å²) in [7, 11) is 0. The van der Waals surface area contributed by atoms with Gasteiger partial charge in [-0.15, -0.1) is 0 Å². The summed E-state index contributed by atoms with van der Waals surface area (Å²) >= 11 is 2.13. The van der Waals surface area contributed by atoms with Crippen molar-refractivity contribution < 1.29 is 4.79 Å². The summed E-state index contributed by atoms with van der Waals surface area (Å²) in [5.74, 6) is 2.54. The van der Waals surface area contributed by atoms with Crippen LogP contribution in [0.1, 0.15) is 84.0 Å². The van der Waals surface area contributed by atoms with Gasteiger partial charge in [-0.05, 0) is 30.8 Å². The number of hydrogen-bond donors (Lipinski definition) is 1. The number of thioether (sulfide) groups is 1. The SMILES string of the molecule is CCCCCCSCCCCCCCCCC(N)=O. The number of carbonyl (C=O) groups excluding carboxylic acids is 1. The Morgan fingerprint density at radius 2 is 1.26 bits per heavy atom. The fraction of sp³-hybridized carbons (Fsp3) is 0.938. The highest BCUT2D eigenvalue weighted by atomic mass is 32.2. The molecule has 0 fully saturated rings. The van der Waals surface area contributed by atoms with Crippen LogP contribution in [0, 0.1) is 0 Å². The molecule has 19 heavy (non-hydrogen) atoms. The number of amides is 1. The average molecular weight is 288 g/mol. The van der Waals surface area contributed by atoms with Gasteiger partial charge in [-0.1, -0.05) is 58.3 Å². The molecule has 0 spiro atoms. The van der Waals surface area contributed by atoms with E-state index >= 15 is 0 Å². The first kappa shape index (κ1) is 18.8. The lowest BCUT2D eigenvalue weighted by Crippen LogP contribution is -2.09. The van der Waals surface area contributed by atoms with Crippen molar-refractivity contribution in [3.8, 4) is 0 Å². The predicted octanol–water partition coefficient (Wildman–Crippen LogP) is 4.91. The summed E-state index contributed by atoms with van der Waals surface area (Å²) in [6.45, 7) is 2.26. The Kier molecular flexibility index (Phi) is 15.7. The molecule has 3 heteroatoms. The van der Waals surface area contributed by atoms with Crippen molar-refractivity contribution in [2.24, 2.45) is 5.73 Å². The number of carbonyl (C=O) groups is 1. The fourth-order valence-electron chi connectivity index (χ4n) is 2.12. The molecule has 0 bridgehead atoms. The number of rotatable bonds is 15. The minimum atomic E-state index is -0.157. The van der Waals surface area contributed by atoms with Gasteiger partial charge in [-0.2, -0.15) is 11.8 Å². The number of nitrogens with two attached hydrogens (primary N) is 1. The second-order valence-corrected chi connectivity index (χ2v) is 6.59. The Morgan fingerprint density at radius 1 is 0.789 bits per heavy atom. The summed E-state index contributed by atoms with van der Waals surface area (Å²) in [4.78, 5) is 10.5. The molecule has 2 N–H and O–H groups in total. The average Bonchev–Trinajstić information content (AvgIpc) is 2.39. The van der Waals surface area contributed by atoms with Crippen molar-refractivity contribution in [1.82, 2.24) is 0 Å². The standard InChI is InChI=1S/C16H33NOS/c1-2-3-4-11-14-19-15-12-9-7-5-6-8-10-13-16(17)18/h2-15H2,1H3,(H2,17,18). The van der Waals surface area contributed by atoms with Crippen LogP contribution in [-0.2, 0) is 4.79 Å². The van der Waals surface area contributed by atoms with Crippen molar-refractivity contribution in [2.45, 2.75) is 84.0 Å². The second kappa shape index (κ2) is 15.9. The van der Waals surface area contributed by atoms with Crippen LogP contribution in [0.4, 0.5) is 0 Å². The van der Waals surface area contributed by atoms with Crippen molar-refractivity contribution in [1.29, 1.82) is 0 Å². The summed E-state index contributed by atoms with van der Waals surface area (Å²) in [6.07, 6.45) is 14.9. The summed E-state index contributed by atoms with van der Waals surface area (Å²) in [5.41, 5.74) is 5.10. The van der Waals surface area contributed by atoms with Gasteiger partial charge >= 0.3 is 0 Å². The van der Waals surface area contributed by atoms with Crippen molar-refractivity contribution in [3.63, 3.8) is 0 Å². The van der Waals surface area contributed by atoms with Crippen LogP contribution in [0.2, 0.25) is 0 Å². The highest BCUT2D eigenvalue weighted by Gasteiger charge is 1.95. The van der Waals surface area contributed by atoms with Crippen molar-refractivity contribution in [3.05, 3.63) is 0 Å². The van der Waals surface area contributed by atoms with Gasteiger partial charge in [-0.25, -0.2) is 0 Å². The van der Waals surface area contributed by atoms with Crippen LogP contribution in [0.25, 0.3) is 0 Å². The molecule has 0 aromatic heterocycles. The fourth-order valence-corrected chi connectivity index (χ4v) is 3.14. The molecule has 0 aromatic rings.